The first-order chi connectivity index (χ1) is 17.2. The molecular formula is C25H29N3O8. The molecule has 0 bridgehead atoms. The van der Waals surface area contributed by atoms with Gasteiger partial charge < -0.3 is 35.6 Å². The number of benzene rings is 2. The molecule has 3 amide bonds. The lowest BCUT2D eigenvalue weighted by Gasteiger charge is -2.28. The van der Waals surface area contributed by atoms with Crippen LogP contribution in [0.3, 0.4) is 0 Å². The van der Waals surface area contributed by atoms with E-state index in [1.807, 2.05) is 0 Å². The van der Waals surface area contributed by atoms with E-state index in [4.69, 9.17) is 9.47 Å². The van der Waals surface area contributed by atoms with Gasteiger partial charge in [-0.25, -0.2) is 0 Å². The number of aliphatic hydroxyl groups excluding tert-OH is 1. The second kappa shape index (κ2) is 12.0. The molecule has 0 aliphatic carbocycles. The van der Waals surface area contributed by atoms with Crippen molar-refractivity contribution >= 4 is 23.7 Å². The predicted octanol–water partition coefficient (Wildman–Crippen LogP) is 0.0392. The highest BCUT2D eigenvalue weighted by Crippen LogP contribution is 2.16. The summed E-state index contributed by atoms with van der Waals surface area (Å²) in [5.74, 6) is -2.10. The molecule has 0 saturated carbocycles. The van der Waals surface area contributed by atoms with Crippen LogP contribution in [0.25, 0.3) is 0 Å². The highest BCUT2D eigenvalue weighted by molar-refractivity contribution is 5.98. The molecular weight excluding hydrogens is 470 g/mol. The van der Waals surface area contributed by atoms with Crippen molar-refractivity contribution in [1.29, 1.82) is 0 Å². The molecule has 1 aliphatic heterocycles. The molecule has 0 radical (unpaired) electrons. The van der Waals surface area contributed by atoms with Gasteiger partial charge in [0.15, 0.2) is 0 Å². The lowest BCUT2D eigenvalue weighted by molar-refractivity contribution is -0.154. The normalized spacial score (nSPS) is 23.2. The van der Waals surface area contributed by atoms with Crippen LogP contribution in [0, 0.1) is 0 Å². The molecule has 3 rings (SSSR count). The number of aliphatic hydroxyl groups is 1. The van der Waals surface area contributed by atoms with Crippen molar-refractivity contribution < 1.29 is 38.9 Å². The van der Waals surface area contributed by atoms with Crippen LogP contribution in [-0.4, -0.2) is 71.9 Å². The lowest BCUT2D eigenvalue weighted by Crippen LogP contribution is -2.56. The van der Waals surface area contributed by atoms with E-state index in [1.54, 1.807) is 24.3 Å². The van der Waals surface area contributed by atoms with E-state index in [0.717, 1.165) is 0 Å². The average molecular weight is 500 g/mol. The van der Waals surface area contributed by atoms with Gasteiger partial charge in [0.1, 0.15) is 23.6 Å². The standard InChI is InChI=1S/C25H29N3O8/c1-14-23(28-24(33)16-5-9-18(35-2)10-6-16)25(34)26-13-21(31)27-19(20(30)12-22(32)36-14)11-15-3-7-17(29)8-4-15/h3-10,14,19-20,23,29-30H,11-13H2,1-2H3,(H,26,34)(H,27,31)(H,28,33)/t14-,19+,20+,23?/m1/s1. The summed E-state index contributed by atoms with van der Waals surface area (Å²) in [4.78, 5) is 50.6. The minimum absolute atomic E-state index is 0.0657. The molecule has 192 valence electrons. The molecule has 1 saturated heterocycles. The minimum Gasteiger partial charge on any atom is -0.508 e. The highest BCUT2D eigenvalue weighted by atomic mass is 16.5. The predicted molar refractivity (Wildman–Crippen MR) is 127 cm³/mol. The van der Waals surface area contributed by atoms with E-state index in [1.165, 1.54) is 38.3 Å². The van der Waals surface area contributed by atoms with Gasteiger partial charge in [-0.05, 0) is 55.3 Å². The molecule has 1 fully saturated rings. The lowest BCUT2D eigenvalue weighted by atomic mass is 9.98. The average Bonchev–Trinajstić information content (AvgIpc) is 2.85. The van der Waals surface area contributed by atoms with Gasteiger partial charge in [0.2, 0.25) is 11.8 Å². The Morgan fingerprint density at radius 2 is 1.78 bits per heavy atom. The van der Waals surface area contributed by atoms with E-state index in [9.17, 15) is 29.4 Å². The number of nitrogens with one attached hydrogen (secondary N) is 3. The molecule has 11 heteroatoms. The van der Waals surface area contributed by atoms with Crippen molar-refractivity contribution in [3.63, 3.8) is 0 Å². The maximum Gasteiger partial charge on any atom is 0.308 e. The van der Waals surface area contributed by atoms with Gasteiger partial charge >= 0.3 is 5.97 Å². The van der Waals surface area contributed by atoms with Gasteiger partial charge in [-0.1, -0.05) is 12.1 Å². The topological polar surface area (TPSA) is 163 Å². The smallest absolute Gasteiger partial charge is 0.308 e. The van der Waals surface area contributed by atoms with Crippen LogP contribution in [0.5, 0.6) is 11.5 Å². The van der Waals surface area contributed by atoms with Gasteiger partial charge in [0.25, 0.3) is 5.91 Å². The molecule has 4 atom stereocenters. The van der Waals surface area contributed by atoms with Gasteiger partial charge in [0, 0.05) is 5.56 Å². The number of aromatic hydroxyl groups is 1. The zero-order chi connectivity index (χ0) is 26.2. The Morgan fingerprint density at radius 1 is 1.11 bits per heavy atom. The van der Waals surface area contributed by atoms with E-state index in [-0.39, 0.29) is 17.7 Å². The van der Waals surface area contributed by atoms with Gasteiger partial charge in [-0.3, -0.25) is 19.2 Å². The molecule has 1 unspecified atom stereocenters. The maximum atomic E-state index is 12.8. The Hall–Kier alpha value is -4.12. The van der Waals surface area contributed by atoms with Crippen LogP contribution in [0.15, 0.2) is 48.5 Å². The van der Waals surface area contributed by atoms with Crippen LogP contribution in [-0.2, 0) is 25.5 Å². The van der Waals surface area contributed by atoms with E-state index < -0.39 is 60.9 Å². The van der Waals surface area contributed by atoms with Crippen LogP contribution in [0.1, 0.15) is 29.3 Å². The fraction of sp³-hybridized carbons (Fsp3) is 0.360. The Morgan fingerprint density at radius 3 is 2.42 bits per heavy atom. The monoisotopic (exact) mass is 499 g/mol. The van der Waals surface area contributed by atoms with Gasteiger partial charge in [-0.2, -0.15) is 0 Å². The molecule has 2 aromatic rings. The Labute approximate surface area is 207 Å². The van der Waals surface area contributed by atoms with Crippen LogP contribution < -0.4 is 20.7 Å². The number of carbonyl (C=O) groups excluding carboxylic acids is 4. The molecule has 1 heterocycles. The first kappa shape index (κ1) is 26.5. The third kappa shape index (κ3) is 7.19. The number of phenolic OH excluding ortho intramolecular Hbond substituents is 1. The zero-order valence-electron chi connectivity index (χ0n) is 19.9. The van der Waals surface area contributed by atoms with Crippen molar-refractivity contribution in [2.24, 2.45) is 0 Å². The van der Waals surface area contributed by atoms with Crippen molar-refractivity contribution in [2.45, 2.75) is 44.1 Å². The van der Waals surface area contributed by atoms with Crippen molar-refractivity contribution in [3.8, 4) is 11.5 Å². The summed E-state index contributed by atoms with van der Waals surface area (Å²) in [5.41, 5.74) is 0.954. The minimum atomic E-state index is -1.29. The van der Waals surface area contributed by atoms with E-state index >= 15 is 0 Å². The molecule has 2 aromatic carbocycles. The summed E-state index contributed by atoms with van der Waals surface area (Å²) >= 11 is 0. The summed E-state index contributed by atoms with van der Waals surface area (Å²) in [7, 11) is 1.49. The first-order valence-electron chi connectivity index (χ1n) is 11.3. The quantitative estimate of drug-likeness (QED) is 0.360. The summed E-state index contributed by atoms with van der Waals surface area (Å²) in [6, 6.07) is 10.2. The van der Waals surface area contributed by atoms with Crippen molar-refractivity contribution in [1.82, 2.24) is 16.0 Å². The number of cyclic esters (lactones) is 1. The van der Waals surface area contributed by atoms with Crippen LogP contribution >= 0.6 is 0 Å². The molecule has 0 spiro atoms. The summed E-state index contributed by atoms with van der Waals surface area (Å²) in [6.45, 7) is 1.01. The fourth-order valence-corrected chi connectivity index (χ4v) is 3.70. The number of rotatable bonds is 5. The third-order valence-corrected chi connectivity index (χ3v) is 5.71. The second-order valence-electron chi connectivity index (χ2n) is 8.41. The summed E-state index contributed by atoms with van der Waals surface area (Å²) in [6.07, 6.45) is -2.66. The molecule has 5 N–H and O–H groups in total. The summed E-state index contributed by atoms with van der Waals surface area (Å²) < 4.78 is 10.4. The van der Waals surface area contributed by atoms with E-state index in [2.05, 4.69) is 16.0 Å². The zero-order valence-corrected chi connectivity index (χ0v) is 19.9. The Kier molecular flexibility index (Phi) is 8.85. The number of esters is 1. The van der Waals surface area contributed by atoms with E-state index in [0.29, 0.717) is 11.3 Å². The third-order valence-electron chi connectivity index (χ3n) is 5.71. The number of carbonyl (C=O) groups is 4. The largest absolute Gasteiger partial charge is 0.508 e. The summed E-state index contributed by atoms with van der Waals surface area (Å²) in [5, 5.41) is 27.7. The molecule has 1 aliphatic rings. The van der Waals surface area contributed by atoms with Gasteiger partial charge in [-0.15, -0.1) is 0 Å². The highest BCUT2D eigenvalue weighted by Gasteiger charge is 2.33. The Balaban J connectivity index is 1.73. The number of phenols is 1. The SMILES string of the molecule is COc1ccc(C(=O)NC2C(=O)NCC(=O)N[C@@H](Cc3ccc(O)cc3)[C@@H](O)CC(=O)O[C@@H]2C)cc1. The van der Waals surface area contributed by atoms with Crippen LogP contribution in [0.2, 0.25) is 0 Å². The Bertz CT molecular complexity index is 1090. The number of hydrogen-bond donors (Lipinski definition) is 5. The van der Waals surface area contributed by atoms with Crippen molar-refractivity contribution in [3.05, 3.63) is 59.7 Å². The molecule has 0 aromatic heterocycles. The maximum absolute atomic E-state index is 12.8. The number of methoxy groups -OCH3 is 1. The number of hydrogen-bond acceptors (Lipinski definition) is 8. The van der Waals surface area contributed by atoms with Crippen LogP contribution in [0.4, 0.5) is 0 Å². The fourth-order valence-electron chi connectivity index (χ4n) is 3.70. The number of amides is 3. The molecule has 11 nitrogen and oxygen atoms in total. The van der Waals surface area contributed by atoms with Crippen molar-refractivity contribution in [2.75, 3.05) is 13.7 Å². The molecule has 36 heavy (non-hydrogen) atoms. The van der Waals surface area contributed by atoms with Gasteiger partial charge in [0.05, 0.1) is 32.2 Å². The second-order valence-corrected chi connectivity index (χ2v) is 8.41. The number of ether oxygens (including phenoxy) is 2. The first-order valence-corrected chi connectivity index (χ1v) is 11.3.